The van der Waals surface area contributed by atoms with Gasteiger partial charge in [-0.2, -0.15) is 0 Å². The smallest absolute Gasteiger partial charge is 0.314 e. The van der Waals surface area contributed by atoms with Crippen LogP contribution in [0.1, 0.15) is 45.4 Å². The van der Waals surface area contributed by atoms with Crippen molar-refractivity contribution in [3.8, 4) is 0 Å². The number of carbonyl (C=O) groups is 2. The third-order valence-corrected chi connectivity index (χ3v) is 2.67. The van der Waals surface area contributed by atoms with Crippen LogP contribution in [0, 0.1) is 0 Å². The van der Waals surface area contributed by atoms with Crippen molar-refractivity contribution in [2.24, 2.45) is 0 Å². The molecule has 0 rings (SSSR count). The lowest BCUT2D eigenvalue weighted by Gasteiger charge is -2.07. The van der Waals surface area contributed by atoms with Gasteiger partial charge in [0.1, 0.15) is 0 Å². The number of urea groups is 1. The largest absolute Gasteiger partial charge is 0.481 e. The van der Waals surface area contributed by atoms with Gasteiger partial charge in [0.05, 0.1) is 0 Å². The van der Waals surface area contributed by atoms with E-state index in [-0.39, 0.29) is 12.5 Å². The summed E-state index contributed by atoms with van der Waals surface area (Å²) in [5.41, 5.74) is 0. The van der Waals surface area contributed by atoms with Crippen LogP contribution in [0.25, 0.3) is 0 Å². The molecule has 0 aliphatic heterocycles. The van der Waals surface area contributed by atoms with Gasteiger partial charge in [0.2, 0.25) is 0 Å². The minimum atomic E-state index is -0.741. The highest BCUT2D eigenvalue weighted by molar-refractivity contribution is 5.73. The Morgan fingerprint density at radius 3 is 2.16 bits per heavy atom. The van der Waals surface area contributed by atoms with E-state index >= 15 is 0 Å². The van der Waals surface area contributed by atoms with Crippen molar-refractivity contribution < 1.29 is 14.7 Å². The van der Waals surface area contributed by atoms with Crippen LogP contribution in [0.5, 0.6) is 0 Å². The molecule has 0 aliphatic carbocycles. The zero-order valence-corrected chi connectivity index (χ0v) is 11.8. The summed E-state index contributed by atoms with van der Waals surface area (Å²) in [7, 11) is 0. The average molecular weight is 273 g/mol. The van der Waals surface area contributed by atoms with Crippen LogP contribution in [0.2, 0.25) is 0 Å². The van der Waals surface area contributed by atoms with E-state index in [1.54, 1.807) is 0 Å². The highest BCUT2D eigenvalue weighted by Crippen LogP contribution is 2.01. The van der Waals surface area contributed by atoms with E-state index < -0.39 is 5.97 Å². The first kappa shape index (κ1) is 17.7. The van der Waals surface area contributed by atoms with Gasteiger partial charge in [0, 0.05) is 19.5 Å². The van der Waals surface area contributed by atoms with Crippen LogP contribution in [0.15, 0.2) is 0 Å². The van der Waals surface area contributed by atoms with E-state index in [0.717, 1.165) is 38.8 Å². The van der Waals surface area contributed by atoms with Crippen molar-refractivity contribution in [1.82, 2.24) is 16.0 Å². The molecule has 19 heavy (non-hydrogen) atoms. The summed E-state index contributed by atoms with van der Waals surface area (Å²) >= 11 is 0. The lowest BCUT2D eigenvalue weighted by molar-refractivity contribution is -0.137. The maximum Gasteiger partial charge on any atom is 0.314 e. The van der Waals surface area contributed by atoms with Crippen molar-refractivity contribution in [2.75, 3.05) is 26.2 Å². The molecule has 0 aliphatic rings. The Morgan fingerprint density at radius 1 is 0.895 bits per heavy atom. The van der Waals surface area contributed by atoms with E-state index in [0.29, 0.717) is 19.5 Å². The molecule has 0 unspecified atom stereocenters. The average Bonchev–Trinajstić information content (AvgIpc) is 2.37. The van der Waals surface area contributed by atoms with Crippen LogP contribution < -0.4 is 16.0 Å². The summed E-state index contributed by atoms with van der Waals surface area (Å²) in [6.07, 6.45) is 4.62. The Kier molecular flexibility index (Phi) is 12.2. The molecule has 0 spiro atoms. The molecule has 0 saturated carbocycles. The van der Waals surface area contributed by atoms with Crippen LogP contribution in [0.4, 0.5) is 4.79 Å². The molecule has 2 amide bonds. The van der Waals surface area contributed by atoms with Crippen molar-refractivity contribution >= 4 is 12.0 Å². The third-order valence-electron chi connectivity index (χ3n) is 2.67. The Bertz CT molecular complexity index is 247. The zero-order chi connectivity index (χ0) is 14.3. The van der Waals surface area contributed by atoms with E-state index in [9.17, 15) is 9.59 Å². The van der Waals surface area contributed by atoms with E-state index in [1.807, 2.05) is 0 Å². The fraction of sp³-hybridized carbons (Fsp3) is 0.846. The second-order valence-electron chi connectivity index (χ2n) is 4.45. The number of aliphatic carboxylic acids is 1. The number of rotatable bonds is 12. The summed E-state index contributed by atoms with van der Waals surface area (Å²) < 4.78 is 0. The first-order valence-electron chi connectivity index (χ1n) is 7.11. The molecular weight excluding hydrogens is 246 g/mol. The summed E-state index contributed by atoms with van der Waals surface area (Å²) in [6, 6.07) is -0.123. The second-order valence-corrected chi connectivity index (χ2v) is 4.45. The predicted octanol–water partition coefficient (Wildman–Crippen LogP) is 1.32. The van der Waals surface area contributed by atoms with Crippen LogP contribution in [0.3, 0.4) is 0 Å². The van der Waals surface area contributed by atoms with Crippen molar-refractivity contribution in [3.63, 3.8) is 0 Å². The first-order chi connectivity index (χ1) is 9.16. The summed E-state index contributed by atoms with van der Waals surface area (Å²) in [5.74, 6) is -0.741. The lowest BCUT2D eigenvalue weighted by atomic mass is 10.1. The summed E-state index contributed by atoms with van der Waals surface area (Å²) in [6.45, 7) is 5.24. The number of hydrogen-bond donors (Lipinski definition) is 4. The molecule has 0 radical (unpaired) electrons. The lowest BCUT2D eigenvalue weighted by Crippen LogP contribution is -2.37. The molecule has 0 bridgehead atoms. The molecule has 0 atom stereocenters. The van der Waals surface area contributed by atoms with Crippen LogP contribution in [-0.2, 0) is 4.79 Å². The molecule has 6 nitrogen and oxygen atoms in total. The van der Waals surface area contributed by atoms with Crippen LogP contribution >= 0.6 is 0 Å². The molecule has 6 heteroatoms. The Balaban J connectivity index is 3.18. The maximum absolute atomic E-state index is 11.3. The van der Waals surface area contributed by atoms with Gasteiger partial charge in [0.15, 0.2) is 0 Å². The zero-order valence-electron chi connectivity index (χ0n) is 11.8. The fourth-order valence-corrected chi connectivity index (χ4v) is 1.61. The van der Waals surface area contributed by atoms with Crippen LogP contribution in [-0.4, -0.2) is 43.3 Å². The molecule has 0 aromatic heterocycles. The highest BCUT2D eigenvalue weighted by Gasteiger charge is 1.99. The molecule has 112 valence electrons. The van der Waals surface area contributed by atoms with Gasteiger partial charge >= 0.3 is 12.0 Å². The normalized spacial score (nSPS) is 10.2. The highest BCUT2D eigenvalue weighted by atomic mass is 16.4. The van der Waals surface area contributed by atoms with E-state index in [2.05, 4.69) is 22.9 Å². The minimum absolute atomic E-state index is 0.123. The molecule has 4 N–H and O–H groups in total. The Hall–Kier alpha value is -1.30. The van der Waals surface area contributed by atoms with Gasteiger partial charge < -0.3 is 21.1 Å². The topological polar surface area (TPSA) is 90.5 Å². The molecule has 0 fully saturated rings. The maximum atomic E-state index is 11.3. The quantitative estimate of drug-likeness (QED) is 0.404. The second kappa shape index (κ2) is 13.1. The van der Waals surface area contributed by atoms with Gasteiger partial charge in [-0.1, -0.05) is 19.8 Å². The van der Waals surface area contributed by atoms with Gasteiger partial charge in [-0.25, -0.2) is 4.79 Å². The number of carboxylic acid groups (broad SMARTS) is 1. The molecule has 0 heterocycles. The molecule has 0 aromatic rings. The van der Waals surface area contributed by atoms with Crippen molar-refractivity contribution in [2.45, 2.75) is 45.4 Å². The van der Waals surface area contributed by atoms with E-state index in [1.165, 1.54) is 0 Å². The number of carboxylic acids is 1. The van der Waals surface area contributed by atoms with Gasteiger partial charge in [-0.05, 0) is 32.4 Å². The third kappa shape index (κ3) is 14.6. The SMILES string of the molecule is CCNCCCNC(=O)NCCCCCCC(=O)O. The first-order valence-corrected chi connectivity index (χ1v) is 7.11. The number of unbranched alkanes of at least 4 members (excludes halogenated alkanes) is 3. The minimum Gasteiger partial charge on any atom is -0.481 e. The molecule has 0 saturated heterocycles. The monoisotopic (exact) mass is 273 g/mol. The van der Waals surface area contributed by atoms with Gasteiger partial charge in [-0.3, -0.25) is 4.79 Å². The number of nitrogens with one attached hydrogen (secondary N) is 3. The van der Waals surface area contributed by atoms with Gasteiger partial charge in [-0.15, -0.1) is 0 Å². The number of amides is 2. The molecular formula is C13H27N3O3. The summed E-state index contributed by atoms with van der Waals surface area (Å²) in [4.78, 5) is 21.6. The summed E-state index contributed by atoms with van der Waals surface area (Å²) in [5, 5.41) is 17.2. The number of hydrogen-bond acceptors (Lipinski definition) is 3. The van der Waals surface area contributed by atoms with Crippen molar-refractivity contribution in [1.29, 1.82) is 0 Å². The van der Waals surface area contributed by atoms with Gasteiger partial charge in [0.25, 0.3) is 0 Å². The number of carbonyl (C=O) groups excluding carboxylic acids is 1. The Labute approximate surface area is 115 Å². The Morgan fingerprint density at radius 2 is 1.53 bits per heavy atom. The predicted molar refractivity (Wildman–Crippen MR) is 75.3 cm³/mol. The van der Waals surface area contributed by atoms with Crippen molar-refractivity contribution in [3.05, 3.63) is 0 Å². The fourth-order valence-electron chi connectivity index (χ4n) is 1.61. The standard InChI is InChI=1S/C13H27N3O3/c1-2-14-9-7-11-16-13(19)15-10-6-4-3-5-8-12(17)18/h14H,2-11H2,1H3,(H,17,18)(H2,15,16,19). The molecule has 0 aromatic carbocycles. The van der Waals surface area contributed by atoms with E-state index in [4.69, 9.17) is 5.11 Å².